The van der Waals surface area contributed by atoms with Gasteiger partial charge >= 0.3 is 5.97 Å². The van der Waals surface area contributed by atoms with E-state index in [2.05, 4.69) is 51.8 Å². The summed E-state index contributed by atoms with van der Waals surface area (Å²) in [7, 11) is 1.47. The molecule has 0 radical (unpaired) electrons. The number of nitrogens with zero attached hydrogens (tertiary/aromatic N) is 2. The Bertz CT molecular complexity index is 995. The van der Waals surface area contributed by atoms with Gasteiger partial charge in [-0.15, -0.1) is 0 Å². The second-order valence-corrected chi connectivity index (χ2v) is 16.0. The first kappa shape index (κ1) is 26.3. The van der Waals surface area contributed by atoms with Crippen LogP contribution in [0.15, 0.2) is 10.2 Å². The number of carbonyl (C=O) groups excluding carboxylic acids is 1. The number of fused-ring (bicyclic) bond motifs is 2. The van der Waals surface area contributed by atoms with E-state index in [1.807, 2.05) is 0 Å². The van der Waals surface area contributed by atoms with E-state index in [0.29, 0.717) is 45.8 Å². The number of azo groups is 1. The van der Waals surface area contributed by atoms with E-state index in [4.69, 9.17) is 4.74 Å². The molecule has 37 heavy (non-hydrogen) atoms. The zero-order chi connectivity index (χ0) is 26.6. The lowest BCUT2D eigenvalue weighted by Gasteiger charge is -2.63. The van der Waals surface area contributed by atoms with Crippen molar-refractivity contribution in [2.75, 3.05) is 13.7 Å². The predicted octanol–water partition coefficient (Wildman–Crippen LogP) is 7.22. The van der Waals surface area contributed by atoms with Crippen LogP contribution >= 0.6 is 0 Å². The quantitative estimate of drug-likeness (QED) is 0.395. The molecule has 2 spiro atoms. The van der Waals surface area contributed by atoms with Gasteiger partial charge in [-0.25, -0.2) is 0 Å². The fraction of sp³-hybridized carbons (Fsp3) is 0.969. The van der Waals surface area contributed by atoms with Crippen LogP contribution in [-0.2, 0) is 9.53 Å². The van der Waals surface area contributed by atoms with Crippen molar-refractivity contribution in [2.24, 2.45) is 66.9 Å². The SMILES string of the molecule is COC(=O)C[C@@]1(C)N=NC[C@@H]1C[C@@H](C)[C@H]1CC[C@@]2(C)[C@@H]3CC[C@H]4C(C)(C)[C@@H](O)CC[C@@]45C[C@@]35CC[C@]12C. The number of aliphatic hydroxyl groups is 1. The van der Waals surface area contributed by atoms with Gasteiger partial charge in [0.1, 0.15) is 0 Å². The van der Waals surface area contributed by atoms with Gasteiger partial charge in [0.05, 0.1) is 31.7 Å². The van der Waals surface area contributed by atoms with E-state index < -0.39 is 5.54 Å². The highest BCUT2D eigenvalue weighted by Crippen LogP contribution is 2.89. The molecule has 0 unspecified atom stereocenters. The van der Waals surface area contributed by atoms with Crippen LogP contribution in [0.4, 0.5) is 0 Å². The molecule has 0 aromatic carbocycles. The van der Waals surface area contributed by atoms with Crippen LogP contribution < -0.4 is 0 Å². The molecule has 6 aliphatic rings. The number of hydrogen-bond acceptors (Lipinski definition) is 5. The van der Waals surface area contributed by atoms with Crippen molar-refractivity contribution in [1.82, 2.24) is 0 Å². The van der Waals surface area contributed by atoms with E-state index in [1.54, 1.807) is 0 Å². The van der Waals surface area contributed by atoms with Gasteiger partial charge in [-0.1, -0.05) is 34.6 Å². The fourth-order valence-corrected chi connectivity index (χ4v) is 12.4. The van der Waals surface area contributed by atoms with Crippen LogP contribution in [0.5, 0.6) is 0 Å². The zero-order valence-electron chi connectivity index (χ0n) is 24.6. The Morgan fingerprint density at radius 1 is 0.946 bits per heavy atom. The molecule has 0 bridgehead atoms. The van der Waals surface area contributed by atoms with Crippen LogP contribution in [0.25, 0.3) is 0 Å². The number of methoxy groups -OCH3 is 1. The van der Waals surface area contributed by atoms with Crippen molar-refractivity contribution in [3.8, 4) is 0 Å². The molecule has 5 nitrogen and oxygen atoms in total. The highest BCUT2D eigenvalue weighted by molar-refractivity contribution is 5.70. The molecule has 1 heterocycles. The van der Waals surface area contributed by atoms with Gasteiger partial charge in [-0.3, -0.25) is 4.79 Å². The second kappa shape index (κ2) is 8.04. The summed E-state index contributed by atoms with van der Waals surface area (Å²) in [5.41, 5.74) is 1.50. The van der Waals surface area contributed by atoms with E-state index >= 15 is 0 Å². The summed E-state index contributed by atoms with van der Waals surface area (Å²) < 4.78 is 5.00. The van der Waals surface area contributed by atoms with Crippen LogP contribution in [0, 0.1) is 56.7 Å². The van der Waals surface area contributed by atoms with Gasteiger partial charge in [0.15, 0.2) is 0 Å². The third-order valence-corrected chi connectivity index (χ3v) is 14.7. The van der Waals surface area contributed by atoms with Gasteiger partial charge < -0.3 is 9.84 Å². The summed E-state index contributed by atoms with van der Waals surface area (Å²) in [5.74, 6) is 3.04. The first-order valence-corrected chi connectivity index (χ1v) is 15.4. The lowest BCUT2D eigenvalue weighted by molar-refractivity contribution is -0.161. The lowest BCUT2D eigenvalue weighted by Crippen LogP contribution is -2.57. The Kier molecular flexibility index (Phi) is 5.71. The topological polar surface area (TPSA) is 71.2 Å². The minimum Gasteiger partial charge on any atom is -0.469 e. The van der Waals surface area contributed by atoms with Gasteiger partial charge in [0.25, 0.3) is 0 Å². The largest absolute Gasteiger partial charge is 0.469 e. The Hall–Kier alpha value is -0.970. The summed E-state index contributed by atoms with van der Waals surface area (Å²) in [4.78, 5) is 12.1. The average molecular weight is 513 g/mol. The van der Waals surface area contributed by atoms with Gasteiger partial charge in [0, 0.05) is 5.92 Å². The number of ether oxygens (including phenoxy) is 1. The highest BCUT2D eigenvalue weighted by atomic mass is 16.5. The van der Waals surface area contributed by atoms with E-state index in [9.17, 15) is 9.90 Å². The van der Waals surface area contributed by atoms with Crippen molar-refractivity contribution in [3.05, 3.63) is 0 Å². The minimum atomic E-state index is -0.419. The molecule has 6 rings (SSSR count). The Morgan fingerprint density at radius 2 is 1.65 bits per heavy atom. The van der Waals surface area contributed by atoms with Crippen LogP contribution in [0.3, 0.4) is 0 Å². The Balaban J connectivity index is 1.22. The molecule has 5 fully saturated rings. The minimum absolute atomic E-state index is 0.0648. The van der Waals surface area contributed by atoms with Crippen molar-refractivity contribution < 1.29 is 14.6 Å². The van der Waals surface area contributed by atoms with Crippen molar-refractivity contribution in [3.63, 3.8) is 0 Å². The molecule has 208 valence electrons. The molecule has 1 aliphatic heterocycles. The Labute approximate surface area is 225 Å². The van der Waals surface area contributed by atoms with E-state index in [0.717, 1.165) is 31.2 Å². The predicted molar refractivity (Wildman–Crippen MR) is 145 cm³/mol. The summed E-state index contributed by atoms with van der Waals surface area (Å²) >= 11 is 0. The average Bonchev–Trinajstić information content (AvgIpc) is 3.26. The summed E-state index contributed by atoms with van der Waals surface area (Å²) in [6, 6.07) is 0. The molecule has 0 aromatic rings. The molecule has 5 heteroatoms. The van der Waals surface area contributed by atoms with Crippen LogP contribution in [0.2, 0.25) is 0 Å². The number of aliphatic hydroxyl groups excluding tert-OH is 1. The zero-order valence-corrected chi connectivity index (χ0v) is 24.6. The monoisotopic (exact) mass is 512 g/mol. The smallest absolute Gasteiger partial charge is 0.308 e. The molecular weight excluding hydrogens is 460 g/mol. The van der Waals surface area contributed by atoms with Crippen LogP contribution in [-0.4, -0.2) is 36.4 Å². The molecule has 0 aromatic heterocycles. The summed E-state index contributed by atoms with van der Waals surface area (Å²) in [5, 5.41) is 19.9. The fourth-order valence-electron chi connectivity index (χ4n) is 12.4. The standard InChI is InChI=1S/C32H52N2O3/c1-20(16-21-18-33-34-30(21,6)17-26(36)37-7)22-10-12-29(5)24-9-8-23-27(2,3)25(35)11-13-31(23)19-32(24,31)15-14-28(22,29)4/h20-25,35H,8-19H2,1-7H3/t20-,21+,22-,23+,24+,25+,28-,29+,30-,31-,32+/m1/s1. The maximum absolute atomic E-state index is 12.1. The molecule has 0 amide bonds. The summed E-state index contributed by atoms with van der Waals surface area (Å²) in [6.07, 6.45) is 13.2. The molecular formula is C32H52N2O3. The van der Waals surface area contributed by atoms with Crippen molar-refractivity contribution in [1.29, 1.82) is 0 Å². The van der Waals surface area contributed by atoms with E-state index in [-0.39, 0.29) is 17.5 Å². The third kappa shape index (κ3) is 3.21. The highest BCUT2D eigenvalue weighted by Gasteiger charge is 2.82. The first-order chi connectivity index (χ1) is 17.3. The molecule has 0 saturated heterocycles. The second-order valence-electron chi connectivity index (χ2n) is 16.0. The van der Waals surface area contributed by atoms with Gasteiger partial charge in [-0.2, -0.15) is 10.2 Å². The summed E-state index contributed by atoms with van der Waals surface area (Å²) in [6.45, 7) is 15.4. The maximum Gasteiger partial charge on any atom is 0.308 e. The normalized spacial score (nSPS) is 54.0. The molecule has 1 N–H and O–H groups in total. The van der Waals surface area contributed by atoms with Crippen molar-refractivity contribution in [2.45, 2.75) is 124 Å². The number of hydrogen-bond donors (Lipinski definition) is 1. The number of esters is 1. The molecule has 5 saturated carbocycles. The molecule has 5 aliphatic carbocycles. The Morgan fingerprint density at radius 3 is 2.38 bits per heavy atom. The van der Waals surface area contributed by atoms with E-state index in [1.165, 1.54) is 58.5 Å². The number of rotatable bonds is 5. The molecule has 11 atom stereocenters. The lowest BCUT2D eigenvalue weighted by atomic mass is 9.41. The number of carbonyl (C=O) groups is 1. The van der Waals surface area contributed by atoms with Crippen molar-refractivity contribution >= 4 is 5.97 Å². The van der Waals surface area contributed by atoms with Crippen LogP contribution in [0.1, 0.15) is 112 Å². The maximum atomic E-state index is 12.1. The first-order valence-electron chi connectivity index (χ1n) is 15.4. The van der Waals surface area contributed by atoms with Gasteiger partial charge in [-0.05, 0) is 122 Å². The third-order valence-electron chi connectivity index (χ3n) is 14.7. The van der Waals surface area contributed by atoms with Gasteiger partial charge in [0.2, 0.25) is 0 Å².